The second-order valence-corrected chi connectivity index (χ2v) is 9.90. The molecule has 4 heterocycles. The lowest BCUT2D eigenvalue weighted by molar-refractivity contribution is -0.207. The molecule has 7 nitrogen and oxygen atoms in total. The molecule has 0 amide bonds. The fourth-order valence-corrected chi connectivity index (χ4v) is 5.33. The van der Waals surface area contributed by atoms with Crippen molar-refractivity contribution in [1.82, 2.24) is 14.5 Å². The van der Waals surface area contributed by atoms with E-state index in [4.69, 9.17) is 14.2 Å². The fraction of sp³-hybridized carbons (Fsp3) is 0.520. The van der Waals surface area contributed by atoms with Gasteiger partial charge in [0.15, 0.2) is 12.0 Å². The monoisotopic (exact) mass is 435 g/mol. The number of ether oxygens (including phenoxy) is 3. The number of aliphatic hydroxyl groups is 1. The summed E-state index contributed by atoms with van der Waals surface area (Å²) in [5.41, 5.74) is 5.35. The van der Waals surface area contributed by atoms with Crippen LogP contribution in [-0.4, -0.2) is 43.7 Å². The van der Waals surface area contributed by atoms with Crippen molar-refractivity contribution in [3.63, 3.8) is 0 Å². The molecular weight excluding hydrogens is 406 g/mol. The van der Waals surface area contributed by atoms with Crippen LogP contribution in [0.25, 0.3) is 11.0 Å². The lowest BCUT2D eigenvalue weighted by Gasteiger charge is -2.28. The molecular formula is C25H29N3O4. The van der Waals surface area contributed by atoms with Gasteiger partial charge in [0.05, 0.1) is 5.69 Å². The molecule has 2 aromatic heterocycles. The molecule has 3 aromatic rings. The molecule has 2 saturated heterocycles. The maximum atomic E-state index is 11.3. The largest absolute Gasteiger partial charge is 0.386 e. The van der Waals surface area contributed by atoms with Gasteiger partial charge in [-0.15, -0.1) is 0 Å². The second kappa shape index (κ2) is 7.09. The normalized spacial score (nSPS) is 29.2. The average Bonchev–Trinajstić information content (AvgIpc) is 3.38. The van der Waals surface area contributed by atoms with Crippen LogP contribution in [0.1, 0.15) is 68.3 Å². The van der Waals surface area contributed by atoms with Gasteiger partial charge >= 0.3 is 0 Å². The summed E-state index contributed by atoms with van der Waals surface area (Å²) in [5, 5.41) is 12.3. The summed E-state index contributed by atoms with van der Waals surface area (Å²) < 4.78 is 21.0. The van der Waals surface area contributed by atoms with Crippen molar-refractivity contribution in [3.8, 4) is 0 Å². The highest BCUT2D eigenvalue weighted by atomic mass is 16.8. The molecule has 5 atom stereocenters. The summed E-state index contributed by atoms with van der Waals surface area (Å²) in [5.74, 6) is -0.472. The van der Waals surface area contributed by atoms with E-state index in [0.717, 1.165) is 35.1 Å². The lowest BCUT2D eigenvalue weighted by atomic mass is 9.85. The van der Waals surface area contributed by atoms with Gasteiger partial charge < -0.3 is 23.9 Å². The first kappa shape index (κ1) is 20.3. The first-order chi connectivity index (χ1) is 15.3. The van der Waals surface area contributed by atoms with Crippen molar-refractivity contribution in [1.29, 1.82) is 0 Å². The highest BCUT2D eigenvalue weighted by molar-refractivity contribution is 5.79. The number of hydrogen-bond acceptors (Lipinski definition) is 6. The minimum Gasteiger partial charge on any atom is -0.386 e. The van der Waals surface area contributed by atoms with Gasteiger partial charge in [-0.1, -0.05) is 32.0 Å². The number of aliphatic hydroxyl groups excluding tert-OH is 1. The lowest BCUT2D eigenvalue weighted by Crippen LogP contribution is -2.34. The summed E-state index contributed by atoms with van der Waals surface area (Å²) in [6.07, 6.45) is 3.20. The Balaban J connectivity index is 1.38. The van der Waals surface area contributed by atoms with Crippen molar-refractivity contribution in [2.75, 3.05) is 0 Å². The third-order valence-electron chi connectivity index (χ3n) is 6.97. The molecule has 6 rings (SSSR count). The first-order valence-electron chi connectivity index (χ1n) is 11.4. The molecule has 7 heteroatoms. The fourth-order valence-electron chi connectivity index (χ4n) is 5.33. The number of aryl methyl sites for hydroxylation is 2. The summed E-state index contributed by atoms with van der Waals surface area (Å²) in [6.45, 7) is 8.06. The number of aromatic nitrogens is 3. The minimum atomic E-state index is -0.807. The quantitative estimate of drug-likeness (QED) is 0.672. The van der Waals surface area contributed by atoms with Crippen molar-refractivity contribution in [2.24, 2.45) is 0 Å². The summed E-state index contributed by atoms with van der Waals surface area (Å²) >= 11 is 0. The van der Waals surface area contributed by atoms with E-state index < -0.39 is 24.2 Å². The number of hydrogen-bond donors (Lipinski definition) is 1. The van der Waals surface area contributed by atoms with E-state index in [1.165, 1.54) is 11.1 Å². The van der Waals surface area contributed by atoms with Gasteiger partial charge in [0.2, 0.25) is 0 Å². The molecule has 0 spiro atoms. The van der Waals surface area contributed by atoms with Crippen LogP contribution in [0.2, 0.25) is 0 Å². The maximum Gasteiger partial charge on any atom is 0.164 e. The average molecular weight is 436 g/mol. The molecule has 0 unspecified atom stereocenters. The van der Waals surface area contributed by atoms with Crippen LogP contribution >= 0.6 is 0 Å². The standard InChI is InChI=1S/C25H29N3O4/c1-13(2)18-17-9-10-28(23(17)27-12-26-18)24-22-21(31-25(3,4)32-22)20(30-24)19(29)16-8-6-14-5-7-15(14)11-16/h6,8-13,19-22,24,29H,5,7H2,1-4H3/t19-,20-,21-,22-,24-/m1/s1. The van der Waals surface area contributed by atoms with Crippen molar-refractivity contribution < 1.29 is 19.3 Å². The zero-order valence-corrected chi connectivity index (χ0v) is 18.9. The third-order valence-corrected chi connectivity index (χ3v) is 6.97. The van der Waals surface area contributed by atoms with Gasteiger partial charge in [0, 0.05) is 11.6 Å². The Labute approximate surface area is 187 Å². The molecule has 1 N–H and O–H groups in total. The van der Waals surface area contributed by atoms with Crippen LogP contribution < -0.4 is 0 Å². The topological polar surface area (TPSA) is 78.6 Å². The van der Waals surface area contributed by atoms with E-state index in [1.807, 2.05) is 36.7 Å². The number of nitrogens with zero attached hydrogens (tertiary/aromatic N) is 3. The summed E-state index contributed by atoms with van der Waals surface area (Å²) in [4.78, 5) is 9.03. The highest BCUT2D eigenvalue weighted by Gasteiger charge is 2.58. The van der Waals surface area contributed by atoms with Crippen LogP contribution in [-0.2, 0) is 27.1 Å². The van der Waals surface area contributed by atoms with Gasteiger partial charge in [-0.3, -0.25) is 0 Å². The Bertz CT molecular complexity index is 1190. The van der Waals surface area contributed by atoms with Crippen LogP contribution in [0.5, 0.6) is 0 Å². The number of fused-ring (bicyclic) bond motifs is 3. The Hall–Kier alpha value is -2.32. The molecule has 0 bridgehead atoms. The Kier molecular flexibility index (Phi) is 4.50. The summed E-state index contributed by atoms with van der Waals surface area (Å²) in [7, 11) is 0. The SMILES string of the molecule is CC(C)c1ncnc2c1ccn2[C@@H]1O[C@H]([C@H](O)c2ccc3c(c2)CC3)[C@H]2OC(C)(C)O[C@H]21. The van der Waals surface area contributed by atoms with Gasteiger partial charge in [-0.2, -0.15) is 0 Å². The Morgan fingerprint density at radius 3 is 2.56 bits per heavy atom. The molecule has 1 aromatic carbocycles. The van der Waals surface area contributed by atoms with Gasteiger partial charge in [0.1, 0.15) is 36.4 Å². The highest BCUT2D eigenvalue weighted by Crippen LogP contribution is 2.47. The van der Waals surface area contributed by atoms with Crippen LogP contribution in [0.15, 0.2) is 36.8 Å². The smallest absolute Gasteiger partial charge is 0.164 e. The third kappa shape index (κ3) is 3.03. The van der Waals surface area contributed by atoms with E-state index in [9.17, 15) is 5.11 Å². The zero-order chi connectivity index (χ0) is 22.2. The van der Waals surface area contributed by atoms with Crippen molar-refractivity contribution >= 4 is 11.0 Å². The van der Waals surface area contributed by atoms with Crippen LogP contribution in [0, 0.1) is 0 Å². The molecule has 0 saturated carbocycles. The molecule has 168 valence electrons. The van der Waals surface area contributed by atoms with Crippen molar-refractivity contribution in [3.05, 3.63) is 59.2 Å². The summed E-state index contributed by atoms with van der Waals surface area (Å²) in [6, 6.07) is 8.25. The van der Waals surface area contributed by atoms with E-state index in [1.54, 1.807) is 6.33 Å². The minimum absolute atomic E-state index is 0.281. The van der Waals surface area contributed by atoms with Gasteiger partial charge in [0.25, 0.3) is 0 Å². The zero-order valence-electron chi connectivity index (χ0n) is 18.9. The van der Waals surface area contributed by atoms with E-state index in [0.29, 0.717) is 0 Å². The maximum absolute atomic E-state index is 11.3. The van der Waals surface area contributed by atoms with Crippen LogP contribution in [0.4, 0.5) is 0 Å². The van der Waals surface area contributed by atoms with E-state index in [2.05, 4.69) is 35.9 Å². The number of benzene rings is 1. The Morgan fingerprint density at radius 2 is 1.84 bits per heavy atom. The molecule has 32 heavy (non-hydrogen) atoms. The van der Waals surface area contributed by atoms with Crippen LogP contribution in [0.3, 0.4) is 0 Å². The predicted molar refractivity (Wildman–Crippen MR) is 118 cm³/mol. The Morgan fingerprint density at radius 1 is 1.06 bits per heavy atom. The molecule has 2 aliphatic heterocycles. The molecule has 2 fully saturated rings. The van der Waals surface area contributed by atoms with E-state index in [-0.39, 0.29) is 18.1 Å². The number of rotatable bonds is 4. The molecule has 1 aliphatic carbocycles. The first-order valence-corrected chi connectivity index (χ1v) is 11.4. The predicted octanol–water partition coefficient (Wildman–Crippen LogP) is 3.80. The van der Waals surface area contributed by atoms with E-state index >= 15 is 0 Å². The van der Waals surface area contributed by atoms with Crippen molar-refractivity contribution in [2.45, 2.75) is 82.9 Å². The van der Waals surface area contributed by atoms with Gasteiger partial charge in [-0.05, 0) is 55.4 Å². The second-order valence-electron chi connectivity index (χ2n) is 9.90. The van der Waals surface area contributed by atoms with Gasteiger partial charge in [-0.25, -0.2) is 9.97 Å². The molecule has 3 aliphatic rings. The molecule has 0 radical (unpaired) electrons.